The number of ether oxygens (including phenoxy) is 1. The Morgan fingerprint density at radius 1 is 0.731 bits per heavy atom. The van der Waals surface area contributed by atoms with E-state index < -0.39 is 17.6 Å². The Kier molecular flexibility index (Phi) is 11.5. The summed E-state index contributed by atoms with van der Waals surface area (Å²) in [5.41, 5.74) is 5.96. The van der Waals surface area contributed by atoms with Crippen molar-refractivity contribution in [2.24, 2.45) is 0 Å². The molecule has 0 spiro atoms. The molecule has 1 unspecified atom stereocenters. The van der Waals surface area contributed by atoms with E-state index in [1.54, 1.807) is 6.92 Å². The van der Waals surface area contributed by atoms with Gasteiger partial charge in [-0.25, -0.2) is 9.48 Å². The summed E-state index contributed by atoms with van der Waals surface area (Å²) >= 11 is 0. The number of benzene rings is 5. The van der Waals surface area contributed by atoms with Crippen LogP contribution in [0.1, 0.15) is 43.0 Å². The summed E-state index contributed by atoms with van der Waals surface area (Å²) in [5, 5.41) is 22.5. The smallest absolute Gasteiger partial charge is 0.324 e. The normalized spacial score (nSPS) is 11.9. The fourth-order valence-electron chi connectivity index (χ4n) is 6.45. The van der Waals surface area contributed by atoms with Crippen LogP contribution in [0.25, 0.3) is 22.5 Å². The summed E-state index contributed by atoms with van der Waals surface area (Å²) < 4.78 is 7.20. The number of esters is 1. The maximum absolute atomic E-state index is 12.7. The molecule has 0 fully saturated rings. The lowest BCUT2D eigenvalue weighted by molar-refractivity contribution is -0.145. The van der Waals surface area contributed by atoms with Crippen molar-refractivity contribution in [3.05, 3.63) is 162 Å². The molecule has 10 heteroatoms. The first-order valence-corrected chi connectivity index (χ1v) is 17.5. The molecule has 0 bridgehead atoms. The zero-order valence-corrected chi connectivity index (χ0v) is 29.6. The molecule has 0 saturated carbocycles. The van der Waals surface area contributed by atoms with Gasteiger partial charge in [0.05, 0.1) is 6.61 Å². The molecule has 5 aromatic carbocycles. The largest absolute Gasteiger partial charge is 0.465 e. The second kappa shape index (κ2) is 16.7. The molecule has 6 rings (SSSR count). The molecule has 10 nitrogen and oxygen atoms in total. The lowest BCUT2D eigenvalue weighted by atomic mass is 9.77. The predicted molar refractivity (Wildman–Crippen MR) is 202 cm³/mol. The second-order valence-corrected chi connectivity index (χ2v) is 12.7. The van der Waals surface area contributed by atoms with Crippen LogP contribution in [0.4, 0.5) is 4.79 Å². The third kappa shape index (κ3) is 7.77. The van der Waals surface area contributed by atoms with Gasteiger partial charge in [0.1, 0.15) is 11.6 Å². The number of nitrogens with zero attached hydrogens (tertiary/aromatic N) is 4. The van der Waals surface area contributed by atoms with Crippen LogP contribution in [0.3, 0.4) is 0 Å². The summed E-state index contributed by atoms with van der Waals surface area (Å²) in [6, 6.07) is 46.2. The fourth-order valence-corrected chi connectivity index (χ4v) is 6.45. The van der Waals surface area contributed by atoms with E-state index in [0.29, 0.717) is 12.4 Å². The van der Waals surface area contributed by atoms with Crippen molar-refractivity contribution < 1.29 is 14.3 Å². The van der Waals surface area contributed by atoms with Gasteiger partial charge in [0.25, 0.3) is 0 Å². The van der Waals surface area contributed by atoms with Gasteiger partial charge >= 0.3 is 12.0 Å². The van der Waals surface area contributed by atoms with Gasteiger partial charge in [0, 0.05) is 24.7 Å². The van der Waals surface area contributed by atoms with Gasteiger partial charge in [-0.3, -0.25) is 10.1 Å². The van der Waals surface area contributed by atoms with E-state index in [0.717, 1.165) is 38.9 Å². The maximum atomic E-state index is 12.7. The van der Waals surface area contributed by atoms with Crippen LogP contribution in [-0.4, -0.2) is 57.4 Å². The van der Waals surface area contributed by atoms with E-state index in [9.17, 15) is 9.59 Å². The van der Waals surface area contributed by atoms with E-state index in [2.05, 4.69) is 80.9 Å². The Morgan fingerprint density at radius 2 is 1.27 bits per heavy atom. The van der Waals surface area contributed by atoms with Crippen LogP contribution in [0.2, 0.25) is 0 Å². The molecule has 52 heavy (non-hydrogen) atoms. The predicted octanol–water partition coefficient (Wildman–Crippen LogP) is 6.58. The Labute approximate surface area is 304 Å². The standard InChI is InChI=1S/C42H43N7O3/c1-4-52-40(50)38(29-44-41(51)45-30(2)3)43-28-31-24-26-32(27-25-31)36-22-14-15-23-37(36)39-46-47-48-49(39)42(33-16-8-5-9-17-33,34-18-10-6-11-19-34)35-20-12-7-13-21-35/h5-27,30,38,43H,4,28-29H2,1-3H3,(H2,44,45,51). The zero-order chi connectivity index (χ0) is 36.3. The van der Waals surface area contributed by atoms with E-state index >= 15 is 0 Å². The van der Waals surface area contributed by atoms with E-state index in [1.165, 1.54) is 0 Å². The minimum absolute atomic E-state index is 0.0237. The Morgan fingerprint density at radius 3 is 1.81 bits per heavy atom. The number of carbonyl (C=O) groups excluding carboxylic acids is 2. The van der Waals surface area contributed by atoms with Gasteiger partial charge in [-0.1, -0.05) is 140 Å². The highest BCUT2D eigenvalue weighted by atomic mass is 16.5. The van der Waals surface area contributed by atoms with E-state index in [4.69, 9.17) is 9.95 Å². The number of nitrogens with one attached hydrogen (secondary N) is 3. The van der Waals surface area contributed by atoms with Crippen LogP contribution in [0.5, 0.6) is 0 Å². The minimum atomic E-state index is -0.884. The molecule has 3 N–H and O–H groups in total. The molecule has 1 aromatic heterocycles. The summed E-state index contributed by atoms with van der Waals surface area (Å²) in [5.74, 6) is 0.192. The summed E-state index contributed by atoms with van der Waals surface area (Å²) in [7, 11) is 0. The van der Waals surface area contributed by atoms with E-state index in [-0.39, 0.29) is 25.2 Å². The number of aromatic nitrogens is 4. The molecular weight excluding hydrogens is 651 g/mol. The Balaban J connectivity index is 1.34. The molecule has 0 aliphatic heterocycles. The molecule has 1 heterocycles. The van der Waals surface area contributed by atoms with Crippen LogP contribution in [0, 0.1) is 0 Å². The molecule has 264 valence electrons. The van der Waals surface area contributed by atoms with Crippen molar-refractivity contribution in [2.45, 2.75) is 44.9 Å². The first kappa shape index (κ1) is 35.7. The number of hydrogen-bond acceptors (Lipinski definition) is 7. The minimum Gasteiger partial charge on any atom is -0.465 e. The monoisotopic (exact) mass is 693 g/mol. The molecular formula is C42H43N7O3. The molecule has 0 saturated heterocycles. The highest BCUT2D eigenvalue weighted by molar-refractivity contribution is 5.81. The molecule has 2 amide bonds. The third-order valence-corrected chi connectivity index (χ3v) is 8.81. The highest BCUT2D eigenvalue weighted by Gasteiger charge is 2.42. The summed E-state index contributed by atoms with van der Waals surface area (Å²) in [4.78, 5) is 24.9. The van der Waals surface area contributed by atoms with Gasteiger partial charge in [-0.15, -0.1) is 5.10 Å². The van der Waals surface area contributed by atoms with Gasteiger partial charge < -0.3 is 15.4 Å². The van der Waals surface area contributed by atoms with Gasteiger partial charge in [0.15, 0.2) is 5.82 Å². The van der Waals surface area contributed by atoms with Crippen molar-refractivity contribution in [2.75, 3.05) is 13.2 Å². The Bertz CT molecular complexity index is 1950. The van der Waals surface area contributed by atoms with E-state index in [1.807, 2.05) is 103 Å². The number of hydrogen-bond donors (Lipinski definition) is 3. The number of urea groups is 1. The third-order valence-electron chi connectivity index (χ3n) is 8.81. The zero-order valence-electron chi connectivity index (χ0n) is 29.6. The van der Waals surface area contributed by atoms with Gasteiger partial charge in [-0.2, -0.15) is 0 Å². The summed E-state index contributed by atoms with van der Waals surface area (Å²) in [6.45, 7) is 6.23. The molecule has 6 aromatic rings. The fraction of sp³-hybridized carbons (Fsp3) is 0.214. The topological polar surface area (TPSA) is 123 Å². The SMILES string of the molecule is CCOC(=O)C(CNC(=O)NC(C)C)NCc1ccc(-c2ccccc2-c2nnnn2C(c2ccccc2)(c2ccccc2)c2ccccc2)cc1. The van der Waals surface area contributed by atoms with Crippen LogP contribution in [-0.2, 0) is 21.6 Å². The van der Waals surface area contributed by atoms with Crippen LogP contribution in [0.15, 0.2) is 140 Å². The molecule has 0 aliphatic rings. The van der Waals surface area contributed by atoms with Gasteiger partial charge in [0.2, 0.25) is 0 Å². The second-order valence-electron chi connectivity index (χ2n) is 12.7. The van der Waals surface area contributed by atoms with Crippen molar-refractivity contribution in [1.82, 2.24) is 36.2 Å². The molecule has 0 aliphatic carbocycles. The van der Waals surface area contributed by atoms with Crippen molar-refractivity contribution >= 4 is 12.0 Å². The van der Waals surface area contributed by atoms with Crippen LogP contribution >= 0.6 is 0 Å². The Hall–Kier alpha value is -6.13. The number of carbonyl (C=O) groups is 2. The first-order chi connectivity index (χ1) is 25.4. The van der Waals surface area contributed by atoms with Crippen molar-refractivity contribution in [3.8, 4) is 22.5 Å². The first-order valence-electron chi connectivity index (χ1n) is 17.5. The maximum Gasteiger partial charge on any atom is 0.324 e. The average Bonchev–Trinajstić information content (AvgIpc) is 3.67. The quantitative estimate of drug-likeness (QED) is 0.0871. The number of rotatable bonds is 14. The number of tetrazole rings is 1. The molecule has 0 radical (unpaired) electrons. The molecule has 1 atom stereocenters. The lowest BCUT2D eigenvalue weighted by Crippen LogP contribution is -2.49. The van der Waals surface area contributed by atoms with Crippen LogP contribution < -0.4 is 16.0 Å². The lowest BCUT2D eigenvalue weighted by Gasteiger charge is -2.36. The average molecular weight is 694 g/mol. The van der Waals surface area contributed by atoms with Crippen molar-refractivity contribution in [3.63, 3.8) is 0 Å². The summed E-state index contributed by atoms with van der Waals surface area (Å²) in [6.07, 6.45) is 0. The number of amides is 2. The highest BCUT2D eigenvalue weighted by Crippen LogP contribution is 2.43. The van der Waals surface area contributed by atoms with Gasteiger partial charge in [-0.05, 0) is 64.6 Å². The van der Waals surface area contributed by atoms with Crippen molar-refractivity contribution in [1.29, 1.82) is 0 Å².